The second-order valence-corrected chi connectivity index (χ2v) is 7.07. The molecule has 1 aliphatic rings. The topological polar surface area (TPSA) is 76.1 Å². The van der Waals surface area contributed by atoms with Crippen molar-refractivity contribution in [2.75, 3.05) is 27.4 Å². The fraction of sp³-hybridized carbons (Fsp3) is 0.304. The van der Waals surface area contributed by atoms with Gasteiger partial charge in [-0.25, -0.2) is 4.39 Å². The molecule has 0 spiro atoms. The largest absolute Gasteiger partial charge is 0.507 e. The number of hydrogen-bond acceptors (Lipinski definition) is 5. The SMILES string of the molecule is COCCCN1C(=O)C(=O)C(=C(O)c2ccc(OC)cc2C)[C@H]1c1ccc(F)cc1. The molecule has 1 saturated heterocycles. The first-order valence-corrected chi connectivity index (χ1v) is 9.56. The number of aliphatic hydroxyl groups is 1. The van der Waals surface area contributed by atoms with Crippen molar-refractivity contribution in [2.45, 2.75) is 19.4 Å². The lowest BCUT2D eigenvalue weighted by Gasteiger charge is -2.25. The summed E-state index contributed by atoms with van der Waals surface area (Å²) in [7, 11) is 3.09. The minimum absolute atomic E-state index is 0.0164. The zero-order valence-electron chi connectivity index (χ0n) is 17.1. The first kappa shape index (κ1) is 21.5. The molecule has 6 nitrogen and oxygen atoms in total. The van der Waals surface area contributed by atoms with Gasteiger partial charge in [-0.1, -0.05) is 12.1 Å². The van der Waals surface area contributed by atoms with E-state index in [0.29, 0.717) is 35.5 Å². The Morgan fingerprint density at radius 2 is 1.83 bits per heavy atom. The van der Waals surface area contributed by atoms with Crippen molar-refractivity contribution in [3.05, 3.63) is 70.5 Å². The molecule has 1 N–H and O–H groups in total. The van der Waals surface area contributed by atoms with Crippen LogP contribution in [0.25, 0.3) is 5.76 Å². The number of benzene rings is 2. The number of aliphatic hydroxyl groups excluding tert-OH is 1. The lowest BCUT2D eigenvalue weighted by molar-refractivity contribution is -0.140. The number of ketones is 1. The molecule has 0 aliphatic carbocycles. The van der Waals surface area contributed by atoms with E-state index in [9.17, 15) is 19.1 Å². The summed E-state index contributed by atoms with van der Waals surface area (Å²) in [4.78, 5) is 27.1. The second-order valence-electron chi connectivity index (χ2n) is 7.07. The van der Waals surface area contributed by atoms with Crippen molar-refractivity contribution in [1.29, 1.82) is 0 Å². The van der Waals surface area contributed by atoms with Gasteiger partial charge in [0.2, 0.25) is 0 Å². The molecule has 0 saturated carbocycles. The van der Waals surface area contributed by atoms with Gasteiger partial charge in [-0.05, 0) is 54.8 Å². The maximum atomic E-state index is 13.5. The van der Waals surface area contributed by atoms with Crippen LogP contribution in [0.4, 0.5) is 4.39 Å². The van der Waals surface area contributed by atoms with Crippen LogP contribution in [-0.4, -0.2) is 49.1 Å². The van der Waals surface area contributed by atoms with Gasteiger partial charge in [-0.15, -0.1) is 0 Å². The zero-order chi connectivity index (χ0) is 21.8. The van der Waals surface area contributed by atoms with E-state index in [2.05, 4.69) is 0 Å². The summed E-state index contributed by atoms with van der Waals surface area (Å²) < 4.78 is 23.7. The number of carbonyl (C=O) groups is 2. The summed E-state index contributed by atoms with van der Waals surface area (Å²) in [6, 6.07) is 9.80. The molecule has 2 aromatic carbocycles. The highest BCUT2D eigenvalue weighted by atomic mass is 19.1. The van der Waals surface area contributed by atoms with Crippen LogP contribution in [0.1, 0.15) is 29.2 Å². The number of nitrogens with zero attached hydrogens (tertiary/aromatic N) is 1. The summed E-state index contributed by atoms with van der Waals surface area (Å²) in [5.74, 6) is -1.56. The number of Topliss-reactive ketones (excluding diaryl/α,β-unsaturated/α-hetero) is 1. The van der Waals surface area contributed by atoms with Gasteiger partial charge in [-0.2, -0.15) is 0 Å². The predicted molar refractivity (Wildman–Crippen MR) is 110 cm³/mol. The van der Waals surface area contributed by atoms with Gasteiger partial charge >= 0.3 is 0 Å². The average molecular weight is 413 g/mol. The van der Waals surface area contributed by atoms with Crippen molar-refractivity contribution in [3.8, 4) is 5.75 Å². The number of rotatable bonds is 7. The highest BCUT2D eigenvalue weighted by molar-refractivity contribution is 6.46. The quantitative estimate of drug-likeness (QED) is 0.325. The molecule has 1 atom stereocenters. The van der Waals surface area contributed by atoms with Crippen LogP contribution in [0.5, 0.6) is 5.75 Å². The standard InChI is InChI=1S/C23H24FNO5/c1-14-13-17(30-3)9-10-18(14)21(26)19-20(15-5-7-16(24)8-6-15)25(11-4-12-29-2)23(28)22(19)27/h5-10,13,20,26H,4,11-12H2,1-3H3/t20-/m1/s1. The predicted octanol–water partition coefficient (Wildman–Crippen LogP) is 3.60. The van der Waals surface area contributed by atoms with Crippen LogP contribution in [0.15, 0.2) is 48.0 Å². The Morgan fingerprint density at radius 3 is 2.43 bits per heavy atom. The van der Waals surface area contributed by atoms with Gasteiger partial charge in [0.05, 0.1) is 18.7 Å². The highest BCUT2D eigenvalue weighted by Crippen LogP contribution is 2.40. The third-order valence-corrected chi connectivity index (χ3v) is 5.16. The third-order valence-electron chi connectivity index (χ3n) is 5.16. The van der Waals surface area contributed by atoms with Gasteiger partial charge in [0.25, 0.3) is 11.7 Å². The van der Waals surface area contributed by atoms with Crippen molar-refractivity contribution < 1.29 is 28.6 Å². The van der Waals surface area contributed by atoms with Crippen LogP contribution < -0.4 is 4.74 Å². The minimum atomic E-state index is -0.816. The van der Waals surface area contributed by atoms with Gasteiger partial charge in [0.15, 0.2) is 0 Å². The number of amides is 1. The van der Waals surface area contributed by atoms with Crippen LogP contribution >= 0.6 is 0 Å². The van der Waals surface area contributed by atoms with E-state index < -0.39 is 23.5 Å². The molecule has 0 unspecified atom stereocenters. The number of likely N-dealkylation sites (tertiary alicyclic amines) is 1. The van der Waals surface area contributed by atoms with E-state index >= 15 is 0 Å². The maximum Gasteiger partial charge on any atom is 0.295 e. The molecule has 158 valence electrons. The Bertz CT molecular complexity index is 984. The number of halogens is 1. The monoisotopic (exact) mass is 413 g/mol. The first-order chi connectivity index (χ1) is 14.4. The Hall–Kier alpha value is -3.19. The lowest BCUT2D eigenvalue weighted by Crippen LogP contribution is -2.31. The number of methoxy groups -OCH3 is 2. The average Bonchev–Trinajstić information content (AvgIpc) is 2.99. The molecule has 1 fully saturated rings. The molecular weight excluding hydrogens is 389 g/mol. The molecule has 0 bridgehead atoms. The third kappa shape index (κ3) is 4.07. The van der Waals surface area contributed by atoms with E-state index in [4.69, 9.17) is 9.47 Å². The Labute approximate surface area is 174 Å². The molecule has 30 heavy (non-hydrogen) atoms. The van der Waals surface area contributed by atoms with Crippen LogP contribution in [0, 0.1) is 12.7 Å². The van der Waals surface area contributed by atoms with Crippen LogP contribution in [0.2, 0.25) is 0 Å². The fourth-order valence-corrected chi connectivity index (χ4v) is 3.66. The second kappa shape index (κ2) is 9.09. The molecule has 0 radical (unpaired) electrons. The summed E-state index contributed by atoms with van der Waals surface area (Å²) in [5, 5.41) is 11.1. The van der Waals surface area contributed by atoms with Gasteiger partial charge in [-0.3, -0.25) is 9.59 Å². The number of hydrogen-bond donors (Lipinski definition) is 1. The Balaban J connectivity index is 2.13. The summed E-state index contributed by atoms with van der Waals surface area (Å²) in [6.07, 6.45) is 0.517. The van der Waals surface area contributed by atoms with E-state index in [1.165, 1.54) is 36.3 Å². The van der Waals surface area contributed by atoms with Crippen molar-refractivity contribution >= 4 is 17.4 Å². The molecule has 3 rings (SSSR count). The molecule has 2 aromatic rings. The van der Waals surface area contributed by atoms with Crippen molar-refractivity contribution in [3.63, 3.8) is 0 Å². The lowest BCUT2D eigenvalue weighted by atomic mass is 9.94. The number of ether oxygens (including phenoxy) is 2. The molecule has 1 aliphatic heterocycles. The molecule has 7 heteroatoms. The van der Waals surface area contributed by atoms with Crippen LogP contribution in [-0.2, 0) is 14.3 Å². The van der Waals surface area contributed by atoms with E-state index in [-0.39, 0.29) is 17.9 Å². The molecule has 1 heterocycles. The van der Waals surface area contributed by atoms with Crippen LogP contribution in [0.3, 0.4) is 0 Å². The van der Waals surface area contributed by atoms with E-state index in [0.717, 1.165) is 0 Å². The van der Waals surface area contributed by atoms with E-state index in [1.807, 2.05) is 0 Å². The van der Waals surface area contributed by atoms with Gasteiger partial charge in [0, 0.05) is 25.8 Å². The number of aryl methyl sites for hydroxylation is 1. The molecule has 1 amide bonds. The van der Waals surface area contributed by atoms with Crippen molar-refractivity contribution in [1.82, 2.24) is 4.90 Å². The zero-order valence-corrected chi connectivity index (χ0v) is 17.1. The highest BCUT2D eigenvalue weighted by Gasteiger charge is 2.45. The van der Waals surface area contributed by atoms with Gasteiger partial charge < -0.3 is 19.5 Å². The normalized spacial score (nSPS) is 18.1. The summed E-state index contributed by atoms with van der Waals surface area (Å²) in [5.41, 5.74) is 1.64. The fourth-order valence-electron chi connectivity index (χ4n) is 3.66. The maximum absolute atomic E-state index is 13.5. The van der Waals surface area contributed by atoms with E-state index in [1.54, 1.807) is 32.2 Å². The smallest absolute Gasteiger partial charge is 0.295 e. The minimum Gasteiger partial charge on any atom is -0.507 e. The Morgan fingerprint density at radius 1 is 1.13 bits per heavy atom. The summed E-state index contributed by atoms with van der Waals surface area (Å²) in [6.45, 7) is 2.45. The van der Waals surface area contributed by atoms with Crippen molar-refractivity contribution in [2.24, 2.45) is 0 Å². The van der Waals surface area contributed by atoms with Gasteiger partial charge in [0.1, 0.15) is 17.3 Å². The Kier molecular flexibility index (Phi) is 6.52. The number of carbonyl (C=O) groups excluding carboxylic acids is 2. The molecular formula is C23H24FNO5. The molecule has 0 aromatic heterocycles. The first-order valence-electron chi connectivity index (χ1n) is 9.56. The summed E-state index contributed by atoms with van der Waals surface area (Å²) >= 11 is 0.